The van der Waals surface area contributed by atoms with Gasteiger partial charge >= 0.3 is 6.18 Å². The predicted octanol–water partition coefficient (Wildman–Crippen LogP) is 4.66. The molecule has 2 rings (SSSR count). The minimum Gasteiger partial charge on any atom is -0.497 e. The van der Waals surface area contributed by atoms with Gasteiger partial charge in [0.15, 0.2) is 0 Å². The SMILES string of the molecule is COc1ccc(CC(=O)Nc2ccc(Br)c(C(F)(F)F)c2)cc1. The van der Waals surface area contributed by atoms with E-state index in [4.69, 9.17) is 4.74 Å². The van der Waals surface area contributed by atoms with Gasteiger partial charge in [-0.25, -0.2) is 0 Å². The van der Waals surface area contributed by atoms with Crippen molar-refractivity contribution in [3.05, 3.63) is 58.1 Å². The van der Waals surface area contributed by atoms with Gasteiger partial charge in [0.1, 0.15) is 5.75 Å². The number of ether oxygens (including phenoxy) is 1. The highest BCUT2D eigenvalue weighted by molar-refractivity contribution is 9.10. The Labute approximate surface area is 139 Å². The number of methoxy groups -OCH3 is 1. The van der Waals surface area contributed by atoms with Crippen LogP contribution in [0.5, 0.6) is 5.75 Å². The van der Waals surface area contributed by atoms with Gasteiger partial charge in [-0.15, -0.1) is 0 Å². The molecule has 0 spiro atoms. The standard InChI is InChI=1S/C16H13BrF3NO2/c1-23-12-5-2-10(3-6-12)8-15(22)21-11-4-7-14(17)13(9-11)16(18,19)20/h2-7,9H,8H2,1H3,(H,21,22). The Morgan fingerprint density at radius 2 is 1.83 bits per heavy atom. The van der Waals surface area contributed by atoms with Crippen molar-refractivity contribution in [1.29, 1.82) is 0 Å². The largest absolute Gasteiger partial charge is 0.497 e. The summed E-state index contributed by atoms with van der Waals surface area (Å²) in [5, 5.41) is 2.47. The Morgan fingerprint density at radius 3 is 2.39 bits per heavy atom. The summed E-state index contributed by atoms with van der Waals surface area (Å²) in [6.45, 7) is 0. The number of hydrogen-bond acceptors (Lipinski definition) is 2. The quantitative estimate of drug-likeness (QED) is 0.828. The summed E-state index contributed by atoms with van der Waals surface area (Å²) in [4.78, 5) is 11.9. The highest BCUT2D eigenvalue weighted by atomic mass is 79.9. The van der Waals surface area contributed by atoms with Crippen molar-refractivity contribution in [3.63, 3.8) is 0 Å². The van der Waals surface area contributed by atoms with Gasteiger partial charge in [0.2, 0.25) is 5.91 Å². The topological polar surface area (TPSA) is 38.3 Å². The van der Waals surface area contributed by atoms with Crippen LogP contribution in [0.3, 0.4) is 0 Å². The summed E-state index contributed by atoms with van der Waals surface area (Å²) < 4.78 is 43.4. The Bertz CT molecular complexity index is 699. The van der Waals surface area contributed by atoms with E-state index < -0.39 is 17.6 Å². The van der Waals surface area contributed by atoms with Gasteiger partial charge in [-0.1, -0.05) is 28.1 Å². The molecular formula is C16H13BrF3NO2. The van der Waals surface area contributed by atoms with Crippen LogP contribution >= 0.6 is 15.9 Å². The van der Waals surface area contributed by atoms with E-state index in [0.717, 1.165) is 11.6 Å². The fourth-order valence-corrected chi connectivity index (χ4v) is 2.43. The van der Waals surface area contributed by atoms with Crippen molar-refractivity contribution in [3.8, 4) is 5.75 Å². The monoisotopic (exact) mass is 387 g/mol. The minimum atomic E-state index is -4.49. The van der Waals surface area contributed by atoms with E-state index in [2.05, 4.69) is 21.2 Å². The van der Waals surface area contributed by atoms with Crippen LogP contribution in [-0.2, 0) is 17.4 Å². The van der Waals surface area contributed by atoms with Crippen molar-refractivity contribution in [2.24, 2.45) is 0 Å². The molecule has 0 fully saturated rings. The number of carbonyl (C=O) groups excluding carboxylic acids is 1. The van der Waals surface area contributed by atoms with Gasteiger partial charge in [0.25, 0.3) is 0 Å². The predicted molar refractivity (Wildman–Crippen MR) is 84.5 cm³/mol. The van der Waals surface area contributed by atoms with Crippen LogP contribution in [-0.4, -0.2) is 13.0 Å². The van der Waals surface area contributed by atoms with Crippen LogP contribution < -0.4 is 10.1 Å². The maximum atomic E-state index is 12.8. The molecule has 2 aromatic carbocycles. The average molecular weight is 388 g/mol. The van der Waals surface area contributed by atoms with Gasteiger partial charge < -0.3 is 10.1 Å². The number of anilines is 1. The van der Waals surface area contributed by atoms with E-state index in [1.807, 2.05) is 0 Å². The normalized spacial score (nSPS) is 11.2. The second kappa shape index (κ2) is 7.04. The lowest BCUT2D eigenvalue weighted by Gasteiger charge is -2.12. The molecule has 2 aromatic rings. The molecule has 0 aromatic heterocycles. The Hall–Kier alpha value is -2.02. The molecule has 7 heteroatoms. The maximum Gasteiger partial charge on any atom is 0.417 e. The number of benzene rings is 2. The number of carbonyl (C=O) groups is 1. The molecule has 3 nitrogen and oxygen atoms in total. The first-order valence-electron chi connectivity index (χ1n) is 6.59. The molecule has 0 aliphatic carbocycles. The number of alkyl halides is 3. The third-order valence-electron chi connectivity index (χ3n) is 3.08. The molecule has 0 heterocycles. The van der Waals surface area contributed by atoms with Crippen LogP contribution in [0.15, 0.2) is 46.9 Å². The summed E-state index contributed by atoms with van der Waals surface area (Å²) in [6.07, 6.45) is -4.43. The Balaban J connectivity index is 2.08. The second-order valence-corrected chi connectivity index (χ2v) is 5.62. The number of rotatable bonds is 4. The number of amides is 1. The van der Waals surface area contributed by atoms with Crippen molar-refractivity contribution < 1.29 is 22.7 Å². The Morgan fingerprint density at radius 1 is 1.17 bits per heavy atom. The zero-order valence-electron chi connectivity index (χ0n) is 12.1. The van der Waals surface area contributed by atoms with Crippen LogP contribution in [0.25, 0.3) is 0 Å². The summed E-state index contributed by atoms with van der Waals surface area (Å²) in [7, 11) is 1.54. The third kappa shape index (κ3) is 4.72. The number of halogens is 4. The summed E-state index contributed by atoms with van der Waals surface area (Å²) in [5.41, 5.74) is -0.00441. The molecule has 1 N–H and O–H groups in total. The van der Waals surface area contributed by atoms with Gasteiger partial charge in [-0.3, -0.25) is 4.79 Å². The highest BCUT2D eigenvalue weighted by Gasteiger charge is 2.33. The smallest absolute Gasteiger partial charge is 0.417 e. The summed E-state index contributed by atoms with van der Waals surface area (Å²) >= 11 is 2.86. The van der Waals surface area contributed by atoms with Crippen LogP contribution in [0.4, 0.5) is 18.9 Å². The zero-order chi connectivity index (χ0) is 17.0. The van der Waals surface area contributed by atoms with E-state index in [1.54, 1.807) is 24.3 Å². The first kappa shape index (κ1) is 17.3. The molecule has 122 valence electrons. The third-order valence-corrected chi connectivity index (χ3v) is 3.77. The molecule has 0 aliphatic heterocycles. The summed E-state index contributed by atoms with van der Waals surface area (Å²) in [6, 6.07) is 10.4. The number of nitrogens with one attached hydrogen (secondary N) is 1. The van der Waals surface area contributed by atoms with Crippen molar-refractivity contribution >= 4 is 27.5 Å². The second-order valence-electron chi connectivity index (χ2n) is 4.77. The molecule has 23 heavy (non-hydrogen) atoms. The van der Waals surface area contributed by atoms with Crippen molar-refractivity contribution in [1.82, 2.24) is 0 Å². The van der Waals surface area contributed by atoms with Crippen molar-refractivity contribution in [2.45, 2.75) is 12.6 Å². The van der Waals surface area contributed by atoms with E-state index in [-0.39, 0.29) is 16.6 Å². The highest BCUT2D eigenvalue weighted by Crippen LogP contribution is 2.36. The molecule has 0 bridgehead atoms. The lowest BCUT2D eigenvalue weighted by molar-refractivity contribution is -0.138. The van der Waals surface area contributed by atoms with E-state index in [1.165, 1.54) is 19.2 Å². The number of hydrogen-bond donors (Lipinski definition) is 1. The van der Waals surface area contributed by atoms with Crippen LogP contribution in [0.2, 0.25) is 0 Å². The molecule has 0 saturated heterocycles. The van der Waals surface area contributed by atoms with Crippen LogP contribution in [0, 0.1) is 0 Å². The van der Waals surface area contributed by atoms with Gasteiger partial charge in [0, 0.05) is 10.2 Å². The average Bonchev–Trinajstić information content (AvgIpc) is 2.49. The van der Waals surface area contributed by atoms with Crippen molar-refractivity contribution in [2.75, 3.05) is 12.4 Å². The fourth-order valence-electron chi connectivity index (χ4n) is 1.95. The van der Waals surface area contributed by atoms with Gasteiger partial charge in [-0.05, 0) is 35.9 Å². The zero-order valence-corrected chi connectivity index (χ0v) is 13.7. The van der Waals surface area contributed by atoms with Crippen LogP contribution in [0.1, 0.15) is 11.1 Å². The van der Waals surface area contributed by atoms with E-state index >= 15 is 0 Å². The molecule has 0 atom stereocenters. The van der Waals surface area contributed by atoms with Gasteiger partial charge in [-0.2, -0.15) is 13.2 Å². The minimum absolute atomic E-state index is 0.0570. The molecule has 0 saturated carbocycles. The molecular weight excluding hydrogens is 375 g/mol. The van der Waals surface area contributed by atoms with E-state index in [0.29, 0.717) is 5.75 Å². The molecule has 0 unspecified atom stereocenters. The van der Waals surface area contributed by atoms with Gasteiger partial charge in [0.05, 0.1) is 19.1 Å². The lowest BCUT2D eigenvalue weighted by Crippen LogP contribution is -2.15. The first-order valence-corrected chi connectivity index (χ1v) is 7.38. The maximum absolute atomic E-state index is 12.8. The van der Waals surface area contributed by atoms with E-state index in [9.17, 15) is 18.0 Å². The molecule has 1 amide bonds. The first-order chi connectivity index (χ1) is 10.8. The Kier molecular flexibility index (Phi) is 5.30. The molecule has 0 radical (unpaired) electrons. The summed E-state index contributed by atoms with van der Waals surface area (Å²) in [5.74, 6) is 0.266. The fraction of sp³-hybridized carbons (Fsp3) is 0.188. The lowest BCUT2D eigenvalue weighted by atomic mass is 10.1. The molecule has 0 aliphatic rings.